The number of alkyl halides is 3. The lowest BCUT2D eigenvalue weighted by Gasteiger charge is -2.08. The summed E-state index contributed by atoms with van der Waals surface area (Å²) in [5.41, 5.74) is 0.608. The van der Waals surface area contributed by atoms with Crippen molar-refractivity contribution in [1.82, 2.24) is 4.98 Å². The number of aromatic nitrogens is 1. The third-order valence-corrected chi connectivity index (χ3v) is 2.61. The highest BCUT2D eigenvalue weighted by Gasteiger charge is 2.29. The molecule has 1 N–H and O–H groups in total. The van der Waals surface area contributed by atoms with Gasteiger partial charge in [-0.05, 0) is 29.8 Å². The summed E-state index contributed by atoms with van der Waals surface area (Å²) in [6, 6.07) is 8.10. The Morgan fingerprint density at radius 3 is 2.10 bits per heavy atom. The smallest absolute Gasteiger partial charge is 0.311 e. The van der Waals surface area contributed by atoms with Gasteiger partial charge in [-0.2, -0.15) is 13.2 Å². The van der Waals surface area contributed by atoms with Crippen LogP contribution in [0.2, 0.25) is 0 Å². The van der Waals surface area contributed by atoms with Gasteiger partial charge in [0.15, 0.2) is 0 Å². The van der Waals surface area contributed by atoms with Crippen molar-refractivity contribution in [3.63, 3.8) is 0 Å². The van der Waals surface area contributed by atoms with Crippen LogP contribution in [-0.4, -0.2) is 10.9 Å². The summed E-state index contributed by atoms with van der Waals surface area (Å²) >= 11 is 0. The number of hydrogen-bond acceptors (Lipinski definition) is 2. The van der Waals surface area contributed by atoms with Crippen LogP contribution in [0.3, 0.4) is 0 Å². The van der Waals surface area contributed by atoms with E-state index in [1.807, 2.05) is 0 Å². The van der Waals surface area contributed by atoms with Crippen molar-refractivity contribution in [3.8, 4) is 11.1 Å². The Kier molecular flexibility index (Phi) is 3.74. The van der Waals surface area contributed by atoms with E-state index in [-0.39, 0.29) is 5.91 Å². The average molecular weight is 280 g/mol. The number of carbonyl (C=O) groups excluding carboxylic acids is 1. The van der Waals surface area contributed by atoms with Crippen LogP contribution in [0.15, 0.2) is 42.6 Å². The molecule has 0 aliphatic heterocycles. The summed E-state index contributed by atoms with van der Waals surface area (Å²) in [6.45, 7) is 1.37. The molecule has 0 saturated carbocycles. The summed E-state index contributed by atoms with van der Waals surface area (Å²) in [6.07, 6.45) is -2.85. The molecule has 3 nitrogen and oxygen atoms in total. The fourth-order valence-corrected chi connectivity index (χ4v) is 1.67. The monoisotopic (exact) mass is 280 g/mol. The minimum absolute atomic E-state index is 0.236. The van der Waals surface area contributed by atoms with Gasteiger partial charge in [-0.3, -0.25) is 4.79 Å². The molecule has 6 heteroatoms. The van der Waals surface area contributed by atoms with Crippen molar-refractivity contribution in [2.45, 2.75) is 13.1 Å². The summed E-state index contributed by atoms with van der Waals surface area (Å²) in [5, 5.41) is 2.51. The number of rotatable bonds is 2. The first kappa shape index (κ1) is 14.0. The van der Waals surface area contributed by atoms with E-state index in [1.54, 1.807) is 12.1 Å². The van der Waals surface area contributed by atoms with Crippen molar-refractivity contribution >= 4 is 11.7 Å². The molecule has 0 spiro atoms. The van der Waals surface area contributed by atoms with Crippen molar-refractivity contribution in [2.24, 2.45) is 0 Å². The largest absolute Gasteiger partial charge is 0.416 e. The van der Waals surface area contributed by atoms with E-state index in [4.69, 9.17) is 0 Å². The Bertz CT molecular complexity index is 604. The van der Waals surface area contributed by atoms with Crippen molar-refractivity contribution in [1.29, 1.82) is 0 Å². The third kappa shape index (κ3) is 3.34. The molecule has 0 unspecified atom stereocenters. The first-order chi connectivity index (χ1) is 9.36. The van der Waals surface area contributed by atoms with Crippen molar-refractivity contribution in [3.05, 3.63) is 48.2 Å². The first-order valence-electron chi connectivity index (χ1n) is 5.77. The van der Waals surface area contributed by atoms with Crippen LogP contribution in [-0.2, 0) is 11.0 Å². The van der Waals surface area contributed by atoms with Crippen LogP contribution in [0, 0.1) is 0 Å². The molecule has 0 saturated heterocycles. The van der Waals surface area contributed by atoms with Crippen LogP contribution >= 0.6 is 0 Å². The fraction of sp³-hybridized carbons (Fsp3) is 0.143. The molecule has 0 radical (unpaired) electrons. The van der Waals surface area contributed by atoms with E-state index in [9.17, 15) is 18.0 Å². The van der Waals surface area contributed by atoms with Crippen LogP contribution in [0.4, 0.5) is 19.0 Å². The predicted octanol–water partition coefficient (Wildman–Crippen LogP) is 3.73. The lowest BCUT2D eigenvalue weighted by atomic mass is 10.1. The van der Waals surface area contributed by atoms with Gasteiger partial charge in [0.2, 0.25) is 5.91 Å². The minimum Gasteiger partial charge on any atom is -0.311 e. The summed E-state index contributed by atoms with van der Waals surface area (Å²) < 4.78 is 37.3. The van der Waals surface area contributed by atoms with Gasteiger partial charge in [-0.1, -0.05) is 12.1 Å². The lowest BCUT2D eigenvalue weighted by molar-refractivity contribution is -0.137. The lowest BCUT2D eigenvalue weighted by Crippen LogP contribution is -2.07. The highest BCUT2D eigenvalue weighted by Crippen LogP contribution is 2.30. The normalized spacial score (nSPS) is 11.2. The quantitative estimate of drug-likeness (QED) is 0.910. The van der Waals surface area contributed by atoms with Gasteiger partial charge in [0.1, 0.15) is 5.82 Å². The van der Waals surface area contributed by atoms with Gasteiger partial charge in [0.25, 0.3) is 0 Å². The first-order valence-corrected chi connectivity index (χ1v) is 5.77. The number of benzene rings is 1. The molecule has 20 heavy (non-hydrogen) atoms. The zero-order valence-electron chi connectivity index (χ0n) is 10.5. The number of amides is 1. The van der Waals surface area contributed by atoms with Crippen LogP contribution in [0.25, 0.3) is 11.1 Å². The third-order valence-electron chi connectivity index (χ3n) is 2.61. The number of anilines is 1. The van der Waals surface area contributed by atoms with Crippen LogP contribution in [0.5, 0.6) is 0 Å². The van der Waals surface area contributed by atoms with E-state index in [0.717, 1.165) is 12.1 Å². The predicted molar refractivity (Wildman–Crippen MR) is 69.0 cm³/mol. The maximum atomic E-state index is 12.4. The number of nitrogens with zero attached hydrogens (tertiary/aromatic N) is 1. The standard InChI is InChI=1S/C14H11F3N2O/c1-9(20)19-13-7-4-11(8-18-13)10-2-5-12(6-3-10)14(15,16)17/h2-8H,1H3,(H,18,19,20). The van der Waals surface area contributed by atoms with E-state index in [2.05, 4.69) is 10.3 Å². The highest BCUT2D eigenvalue weighted by atomic mass is 19.4. The zero-order valence-corrected chi connectivity index (χ0v) is 10.5. The van der Waals surface area contributed by atoms with E-state index in [1.165, 1.54) is 25.3 Å². The van der Waals surface area contributed by atoms with Gasteiger partial charge >= 0.3 is 6.18 Å². The number of hydrogen-bond donors (Lipinski definition) is 1. The Morgan fingerprint density at radius 2 is 1.65 bits per heavy atom. The maximum Gasteiger partial charge on any atom is 0.416 e. The molecule has 0 bridgehead atoms. The van der Waals surface area contributed by atoms with E-state index < -0.39 is 11.7 Å². The molecule has 2 aromatic rings. The summed E-state index contributed by atoms with van der Waals surface area (Å²) in [7, 11) is 0. The molecule has 0 aliphatic rings. The molecule has 1 amide bonds. The molecular weight excluding hydrogens is 269 g/mol. The van der Waals surface area contributed by atoms with Crippen LogP contribution < -0.4 is 5.32 Å². The number of halogens is 3. The summed E-state index contributed by atoms with van der Waals surface area (Å²) in [4.78, 5) is 14.9. The van der Waals surface area contributed by atoms with Gasteiger partial charge in [-0.15, -0.1) is 0 Å². The molecule has 0 fully saturated rings. The van der Waals surface area contributed by atoms with Gasteiger partial charge in [-0.25, -0.2) is 4.98 Å². The Labute approximate surface area is 113 Å². The molecule has 1 aromatic carbocycles. The second kappa shape index (κ2) is 5.32. The number of nitrogens with one attached hydrogen (secondary N) is 1. The maximum absolute atomic E-state index is 12.4. The highest BCUT2D eigenvalue weighted by molar-refractivity contribution is 5.87. The van der Waals surface area contributed by atoms with Crippen molar-refractivity contribution < 1.29 is 18.0 Å². The Balaban J connectivity index is 2.21. The minimum atomic E-state index is -4.34. The zero-order chi connectivity index (χ0) is 14.8. The topological polar surface area (TPSA) is 42.0 Å². The molecule has 2 rings (SSSR count). The summed E-state index contributed by atoms with van der Waals surface area (Å²) in [5.74, 6) is 0.160. The molecule has 1 heterocycles. The van der Waals surface area contributed by atoms with Gasteiger partial charge in [0, 0.05) is 18.7 Å². The average Bonchev–Trinajstić information content (AvgIpc) is 2.38. The second-order valence-electron chi connectivity index (χ2n) is 4.19. The molecular formula is C14H11F3N2O. The Morgan fingerprint density at radius 1 is 1.05 bits per heavy atom. The van der Waals surface area contributed by atoms with Gasteiger partial charge < -0.3 is 5.32 Å². The number of pyridine rings is 1. The molecule has 1 aromatic heterocycles. The van der Waals surface area contributed by atoms with E-state index >= 15 is 0 Å². The van der Waals surface area contributed by atoms with E-state index in [0.29, 0.717) is 16.9 Å². The van der Waals surface area contributed by atoms with Gasteiger partial charge in [0.05, 0.1) is 5.56 Å². The Hall–Kier alpha value is -2.37. The SMILES string of the molecule is CC(=O)Nc1ccc(-c2ccc(C(F)(F)F)cc2)cn1. The van der Waals surface area contributed by atoms with Crippen LogP contribution in [0.1, 0.15) is 12.5 Å². The van der Waals surface area contributed by atoms with Crippen molar-refractivity contribution in [2.75, 3.05) is 5.32 Å². The molecule has 0 aliphatic carbocycles. The molecule has 0 atom stereocenters. The molecule has 104 valence electrons. The second-order valence-corrected chi connectivity index (χ2v) is 4.19. The number of carbonyl (C=O) groups is 1. The fourth-order valence-electron chi connectivity index (χ4n) is 1.67.